The van der Waals surface area contributed by atoms with Crippen molar-refractivity contribution in [2.24, 2.45) is 0 Å². The van der Waals surface area contributed by atoms with Crippen molar-refractivity contribution in [1.29, 1.82) is 0 Å². The molecule has 46 heavy (non-hydrogen) atoms. The fourth-order valence-electron chi connectivity index (χ4n) is 7.92. The van der Waals surface area contributed by atoms with Crippen LogP contribution in [0.15, 0.2) is 144 Å². The molecule has 0 bridgehead atoms. The Morgan fingerprint density at radius 1 is 0.543 bits per heavy atom. The molecule has 0 aliphatic heterocycles. The van der Waals surface area contributed by atoms with Crippen LogP contribution < -0.4 is 4.90 Å². The molecule has 3 heteroatoms. The second kappa shape index (κ2) is 9.47. The van der Waals surface area contributed by atoms with Crippen LogP contribution in [0.2, 0.25) is 0 Å². The second-order valence-electron chi connectivity index (χ2n) is 12.9. The molecule has 2 nitrogen and oxygen atoms in total. The number of furan rings is 1. The van der Waals surface area contributed by atoms with Gasteiger partial charge < -0.3 is 0 Å². The number of nitrogens with zero attached hydrogens (tertiary/aromatic N) is 1. The van der Waals surface area contributed by atoms with E-state index in [4.69, 9.17) is 4.42 Å². The quantitative estimate of drug-likeness (QED) is 0.176. The van der Waals surface area contributed by atoms with Gasteiger partial charge in [0, 0.05) is 0 Å². The molecular weight excluding hydrogens is 625 g/mol. The third-order valence-corrected chi connectivity index (χ3v) is 12.6. The van der Waals surface area contributed by atoms with Gasteiger partial charge in [-0.25, -0.2) is 0 Å². The van der Waals surface area contributed by atoms with Crippen molar-refractivity contribution in [1.82, 2.24) is 0 Å². The van der Waals surface area contributed by atoms with Gasteiger partial charge in [-0.15, -0.1) is 0 Å². The van der Waals surface area contributed by atoms with E-state index in [0.29, 0.717) is 0 Å². The van der Waals surface area contributed by atoms with E-state index in [1.54, 1.807) is 0 Å². The number of rotatable bonds is 3. The zero-order valence-corrected chi connectivity index (χ0v) is 27.3. The van der Waals surface area contributed by atoms with Crippen LogP contribution in [0, 0.1) is 0 Å². The molecule has 0 atom stereocenters. The van der Waals surface area contributed by atoms with Gasteiger partial charge in [0.1, 0.15) is 0 Å². The summed E-state index contributed by atoms with van der Waals surface area (Å²) in [6, 6.07) is 51.3. The summed E-state index contributed by atoms with van der Waals surface area (Å²) < 4.78 is 9.21. The molecule has 0 fully saturated rings. The fraction of sp³-hybridized carbons (Fsp3) is 0.0698. The van der Waals surface area contributed by atoms with E-state index in [-0.39, 0.29) is 19.9 Å². The number of para-hydroxylation sites is 1. The Bertz CT molecular complexity index is 2690. The number of hydrogen-bond donors (Lipinski definition) is 0. The maximum absolute atomic E-state index is 6.27. The van der Waals surface area contributed by atoms with Crippen LogP contribution in [0.5, 0.6) is 0 Å². The monoisotopic (exact) mass is 655 g/mol. The van der Waals surface area contributed by atoms with Crippen molar-refractivity contribution in [2.45, 2.75) is 19.3 Å². The van der Waals surface area contributed by atoms with Gasteiger partial charge in [0.2, 0.25) is 0 Å². The molecule has 2 aromatic heterocycles. The Morgan fingerprint density at radius 2 is 1.26 bits per heavy atom. The van der Waals surface area contributed by atoms with Crippen LogP contribution in [0.1, 0.15) is 25.0 Å². The van der Waals surface area contributed by atoms with Crippen LogP contribution >= 0.6 is 0 Å². The van der Waals surface area contributed by atoms with Crippen molar-refractivity contribution in [3.8, 4) is 11.1 Å². The topological polar surface area (TPSA) is 16.4 Å². The van der Waals surface area contributed by atoms with E-state index in [1.165, 1.54) is 63.7 Å². The first-order valence-corrected chi connectivity index (χ1v) is 17.6. The van der Waals surface area contributed by atoms with Gasteiger partial charge in [-0.05, 0) is 0 Å². The average molecular weight is 655 g/mol. The molecule has 9 aromatic rings. The molecular formula is C43H29NOSe. The Kier molecular flexibility index (Phi) is 5.39. The zero-order valence-electron chi connectivity index (χ0n) is 25.5. The Hall–Kier alpha value is -5.08. The summed E-state index contributed by atoms with van der Waals surface area (Å²) in [5.74, 6) is 0. The van der Waals surface area contributed by atoms with Gasteiger partial charge in [-0.2, -0.15) is 0 Å². The van der Waals surface area contributed by atoms with Gasteiger partial charge in [0.05, 0.1) is 0 Å². The summed E-state index contributed by atoms with van der Waals surface area (Å²) in [6.07, 6.45) is 0. The molecule has 0 unspecified atom stereocenters. The van der Waals surface area contributed by atoms with Crippen LogP contribution in [-0.4, -0.2) is 14.5 Å². The number of fused-ring (bicyclic) bond motifs is 11. The summed E-state index contributed by atoms with van der Waals surface area (Å²) in [6.45, 7) is 4.75. The normalized spacial score (nSPS) is 13.6. The molecule has 10 rings (SSSR count). The summed E-state index contributed by atoms with van der Waals surface area (Å²) >= 11 is 0.265. The van der Waals surface area contributed by atoms with Crippen LogP contribution in [0.25, 0.3) is 63.1 Å². The third kappa shape index (κ3) is 3.59. The van der Waals surface area contributed by atoms with Crippen LogP contribution in [0.4, 0.5) is 17.1 Å². The van der Waals surface area contributed by atoms with E-state index < -0.39 is 0 Å². The molecule has 0 saturated carbocycles. The fourth-order valence-corrected chi connectivity index (χ4v) is 10.5. The molecule has 0 spiro atoms. The number of benzene rings is 7. The molecule has 0 saturated heterocycles. The molecule has 0 radical (unpaired) electrons. The second-order valence-corrected chi connectivity index (χ2v) is 15.1. The van der Waals surface area contributed by atoms with Gasteiger partial charge in [-0.1, -0.05) is 0 Å². The van der Waals surface area contributed by atoms with Crippen LogP contribution in [-0.2, 0) is 5.41 Å². The summed E-state index contributed by atoms with van der Waals surface area (Å²) in [5, 5.41) is 7.70. The molecule has 2 heterocycles. The van der Waals surface area contributed by atoms with Crippen molar-refractivity contribution < 1.29 is 4.42 Å². The first kappa shape index (κ1) is 26.2. The SMILES string of the molecule is CC1(C)c2ccccc2-c2cccc(N(c3ccc4oc5ccccc5c4c3)c3ccc4[se]c5c6ccccc6ccc5c4c3)c21. The van der Waals surface area contributed by atoms with E-state index in [2.05, 4.69) is 152 Å². The molecule has 1 aliphatic carbocycles. The van der Waals surface area contributed by atoms with Crippen molar-refractivity contribution in [2.75, 3.05) is 4.90 Å². The molecule has 218 valence electrons. The van der Waals surface area contributed by atoms with Gasteiger partial charge in [0.15, 0.2) is 0 Å². The van der Waals surface area contributed by atoms with E-state index in [0.717, 1.165) is 27.6 Å². The Balaban J connectivity index is 1.27. The predicted octanol–water partition coefficient (Wildman–Crippen LogP) is 11.9. The third-order valence-electron chi connectivity index (χ3n) is 10.0. The molecule has 7 aromatic carbocycles. The van der Waals surface area contributed by atoms with Crippen molar-refractivity contribution in [3.05, 3.63) is 151 Å². The van der Waals surface area contributed by atoms with Crippen LogP contribution in [0.3, 0.4) is 0 Å². The first-order valence-electron chi connectivity index (χ1n) is 15.9. The van der Waals surface area contributed by atoms with Gasteiger partial charge in [-0.3, -0.25) is 0 Å². The number of anilines is 3. The predicted molar refractivity (Wildman–Crippen MR) is 195 cm³/mol. The summed E-state index contributed by atoms with van der Waals surface area (Å²) in [4.78, 5) is 2.49. The van der Waals surface area contributed by atoms with Gasteiger partial charge >= 0.3 is 274 Å². The molecule has 0 N–H and O–H groups in total. The van der Waals surface area contributed by atoms with Crippen molar-refractivity contribution >= 4 is 83.6 Å². The minimum atomic E-state index is -0.154. The van der Waals surface area contributed by atoms with Gasteiger partial charge in [0.25, 0.3) is 0 Å². The zero-order chi connectivity index (χ0) is 30.6. The maximum atomic E-state index is 6.27. The average Bonchev–Trinajstić information content (AvgIpc) is 3.73. The van der Waals surface area contributed by atoms with E-state index in [9.17, 15) is 0 Å². The van der Waals surface area contributed by atoms with E-state index in [1.807, 2.05) is 6.07 Å². The Labute approximate surface area is 272 Å². The summed E-state index contributed by atoms with van der Waals surface area (Å²) in [7, 11) is 0. The minimum absolute atomic E-state index is 0.154. The van der Waals surface area contributed by atoms with E-state index >= 15 is 0 Å². The summed E-state index contributed by atoms with van der Waals surface area (Å²) in [5.41, 5.74) is 10.6. The standard InChI is InChI=1S/C43H29NOSe/c1-43(2)36-15-7-5-12-30(36)32-14-9-16-37(41(32)43)44(27-19-22-39-34(24-27)31-13-6-8-17-38(31)45-39)28-20-23-40-35(25-28)33-21-18-26-10-3-4-11-29(26)42(33)46-40/h3-25H,1-2H3. The number of hydrogen-bond acceptors (Lipinski definition) is 2. The van der Waals surface area contributed by atoms with Crippen molar-refractivity contribution in [3.63, 3.8) is 0 Å². The molecule has 0 amide bonds. The Morgan fingerprint density at radius 3 is 2.17 bits per heavy atom. The molecule has 1 aliphatic rings. The first-order chi connectivity index (χ1) is 22.6.